The van der Waals surface area contributed by atoms with Crippen LogP contribution in [0.1, 0.15) is 24.4 Å². The normalized spacial score (nSPS) is 22.0. The summed E-state index contributed by atoms with van der Waals surface area (Å²) < 4.78 is 5.30. The minimum absolute atomic E-state index is 0. The third-order valence-electron chi connectivity index (χ3n) is 4.83. The molecular weight excluding hydrogens is 342 g/mol. The lowest BCUT2D eigenvalue weighted by atomic mass is 9.95. The number of ether oxygens (including phenoxy) is 1. The quantitative estimate of drug-likeness (QED) is 0.871. The van der Waals surface area contributed by atoms with Gasteiger partial charge in [-0.3, -0.25) is 9.59 Å². The van der Waals surface area contributed by atoms with Gasteiger partial charge in [0.2, 0.25) is 11.8 Å². The standard InChI is InChI=1S/C18H25N3O3.ClH/c19-16(14-5-2-1-3-6-14)18(23)21-8-4-7-15(13-21)17(22)20-9-11-24-12-10-20;/h1-3,5-6,15-16H,4,7-13,19H2;1H. The minimum Gasteiger partial charge on any atom is -0.378 e. The molecule has 2 amide bonds. The van der Waals surface area contributed by atoms with Gasteiger partial charge in [-0.15, -0.1) is 12.4 Å². The number of likely N-dealkylation sites (tertiary alicyclic amines) is 1. The van der Waals surface area contributed by atoms with E-state index in [0.717, 1.165) is 18.4 Å². The van der Waals surface area contributed by atoms with Crippen LogP contribution in [0.15, 0.2) is 30.3 Å². The summed E-state index contributed by atoms with van der Waals surface area (Å²) in [5, 5.41) is 0. The van der Waals surface area contributed by atoms with Crippen molar-refractivity contribution in [3.8, 4) is 0 Å². The molecule has 2 heterocycles. The summed E-state index contributed by atoms with van der Waals surface area (Å²) in [4.78, 5) is 29.0. The fourth-order valence-corrected chi connectivity index (χ4v) is 3.42. The highest BCUT2D eigenvalue weighted by Gasteiger charge is 2.33. The van der Waals surface area contributed by atoms with Gasteiger partial charge in [0.25, 0.3) is 0 Å². The van der Waals surface area contributed by atoms with Crippen LogP contribution in [0.3, 0.4) is 0 Å². The molecule has 0 spiro atoms. The number of rotatable bonds is 3. The first-order valence-corrected chi connectivity index (χ1v) is 8.62. The zero-order chi connectivity index (χ0) is 16.9. The van der Waals surface area contributed by atoms with Crippen LogP contribution >= 0.6 is 12.4 Å². The van der Waals surface area contributed by atoms with Gasteiger partial charge in [-0.1, -0.05) is 30.3 Å². The fourth-order valence-electron chi connectivity index (χ4n) is 3.42. The number of piperidine rings is 1. The summed E-state index contributed by atoms with van der Waals surface area (Å²) in [6, 6.07) is 8.72. The molecule has 1 aromatic carbocycles. The molecule has 0 aliphatic carbocycles. The van der Waals surface area contributed by atoms with Crippen LogP contribution in [-0.2, 0) is 14.3 Å². The first-order valence-electron chi connectivity index (χ1n) is 8.62. The molecule has 2 unspecified atom stereocenters. The zero-order valence-corrected chi connectivity index (χ0v) is 15.1. The van der Waals surface area contributed by atoms with Crippen LogP contribution < -0.4 is 5.73 Å². The van der Waals surface area contributed by atoms with E-state index in [0.29, 0.717) is 39.4 Å². The maximum Gasteiger partial charge on any atom is 0.244 e. The molecule has 1 aromatic rings. The Morgan fingerprint density at radius 3 is 2.44 bits per heavy atom. The minimum atomic E-state index is -0.663. The highest BCUT2D eigenvalue weighted by atomic mass is 35.5. The predicted octanol–water partition coefficient (Wildman–Crippen LogP) is 1.21. The number of carbonyl (C=O) groups is 2. The molecule has 0 saturated carbocycles. The topological polar surface area (TPSA) is 75.9 Å². The molecular formula is C18H26ClN3O3. The van der Waals surface area contributed by atoms with E-state index in [-0.39, 0.29) is 30.1 Å². The van der Waals surface area contributed by atoms with Gasteiger partial charge in [0, 0.05) is 26.2 Å². The number of hydrogen-bond donors (Lipinski definition) is 1. The van der Waals surface area contributed by atoms with Gasteiger partial charge >= 0.3 is 0 Å². The van der Waals surface area contributed by atoms with E-state index >= 15 is 0 Å². The van der Waals surface area contributed by atoms with Crippen molar-refractivity contribution in [3.63, 3.8) is 0 Å². The molecule has 2 atom stereocenters. The Morgan fingerprint density at radius 2 is 1.76 bits per heavy atom. The monoisotopic (exact) mass is 367 g/mol. The molecule has 25 heavy (non-hydrogen) atoms. The van der Waals surface area contributed by atoms with Crippen molar-refractivity contribution in [1.82, 2.24) is 9.80 Å². The van der Waals surface area contributed by atoms with E-state index in [4.69, 9.17) is 10.5 Å². The lowest BCUT2D eigenvalue weighted by Crippen LogP contribution is -2.50. The smallest absolute Gasteiger partial charge is 0.244 e. The number of benzene rings is 1. The van der Waals surface area contributed by atoms with E-state index < -0.39 is 6.04 Å². The number of nitrogens with two attached hydrogens (primary N) is 1. The molecule has 3 rings (SSSR count). The average Bonchev–Trinajstić information content (AvgIpc) is 2.67. The molecule has 138 valence electrons. The SMILES string of the molecule is Cl.NC(C(=O)N1CCCC(C(=O)N2CCOCC2)C1)c1ccccc1. The van der Waals surface area contributed by atoms with E-state index in [2.05, 4.69) is 0 Å². The van der Waals surface area contributed by atoms with E-state index in [1.807, 2.05) is 35.2 Å². The number of morpholine rings is 1. The molecule has 6 nitrogen and oxygen atoms in total. The molecule has 0 bridgehead atoms. The molecule has 2 fully saturated rings. The van der Waals surface area contributed by atoms with Gasteiger partial charge in [-0.2, -0.15) is 0 Å². The molecule has 2 saturated heterocycles. The van der Waals surface area contributed by atoms with Crippen LogP contribution in [0, 0.1) is 5.92 Å². The number of nitrogens with zero attached hydrogens (tertiary/aromatic N) is 2. The summed E-state index contributed by atoms with van der Waals surface area (Å²) in [6.45, 7) is 3.63. The second-order valence-corrected chi connectivity index (χ2v) is 6.45. The zero-order valence-electron chi connectivity index (χ0n) is 14.3. The highest BCUT2D eigenvalue weighted by Crippen LogP contribution is 2.22. The van der Waals surface area contributed by atoms with Crippen molar-refractivity contribution in [2.75, 3.05) is 39.4 Å². The predicted molar refractivity (Wildman–Crippen MR) is 97.3 cm³/mol. The molecule has 7 heteroatoms. The summed E-state index contributed by atoms with van der Waals surface area (Å²) >= 11 is 0. The largest absolute Gasteiger partial charge is 0.378 e. The lowest BCUT2D eigenvalue weighted by molar-refractivity contribution is -0.144. The van der Waals surface area contributed by atoms with Crippen molar-refractivity contribution in [2.24, 2.45) is 11.7 Å². The van der Waals surface area contributed by atoms with E-state index in [1.54, 1.807) is 4.90 Å². The Kier molecular flexibility index (Phi) is 7.23. The Bertz CT molecular complexity index is 578. The number of carbonyl (C=O) groups excluding carboxylic acids is 2. The second kappa shape index (κ2) is 9.17. The van der Waals surface area contributed by atoms with Crippen LogP contribution in [0.2, 0.25) is 0 Å². The van der Waals surface area contributed by atoms with Gasteiger partial charge in [0.05, 0.1) is 19.1 Å². The number of hydrogen-bond acceptors (Lipinski definition) is 4. The third kappa shape index (κ3) is 4.71. The van der Waals surface area contributed by atoms with Crippen LogP contribution in [0.5, 0.6) is 0 Å². The van der Waals surface area contributed by atoms with Crippen LogP contribution in [-0.4, -0.2) is 61.0 Å². The fraction of sp³-hybridized carbons (Fsp3) is 0.556. The summed E-state index contributed by atoms with van der Waals surface area (Å²) in [7, 11) is 0. The third-order valence-corrected chi connectivity index (χ3v) is 4.83. The summed E-state index contributed by atoms with van der Waals surface area (Å²) in [5.41, 5.74) is 6.94. The van der Waals surface area contributed by atoms with Crippen LogP contribution in [0.4, 0.5) is 0 Å². The van der Waals surface area contributed by atoms with Gasteiger partial charge in [0.1, 0.15) is 6.04 Å². The van der Waals surface area contributed by atoms with Gasteiger partial charge in [-0.25, -0.2) is 0 Å². The van der Waals surface area contributed by atoms with Crippen molar-refractivity contribution in [2.45, 2.75) is 18.9 Å². The van der Waals surface area contributed by atoms with Crippen molar-refractivity contribution >= 4 is 24.2 Å². The van der Waals surface area contributed by atoms with Gasteiger partial charge < -0.3 is 20.3 Å². The van der Waals surface area contributed by atoms with Crippen LogP contribution in [0.25, 0.3) is 0 Å². The second-order valence-electron chi connectivity index (χ2n) is 6.45. The maximum atomic E-state index is 12.7. The Morgan fingerprint density at radius 1 is 1.08 bits per heavy atom. The molecule has 0 radical (unpaired) electrons. The lowest BCUT2D eigenvalue weighted by Gasteiger charge is -2.37. The maximum absolute atomic E-state index is 12.7. The van der Waals surface area contributed by atoms with E-state index in [1.165, 1.54) is 0 Å². The first kappa shape index (κ1) is 19.7. The van der Waals surface area contributed by atoms with E-state index in [9.17, 15) is 9.59 Å². The number of halogens is 1. The summed E-state index contributed by atoms with van der Waals surface area (Å²) in [6.07, 6.45) is 1.68. The average molecular weight is 368 g/mol. The van der Waals surface area contributed by atoms with Crippen molar-refractivity contribution in [3.05, 3.63) is 35.9 Å². The van der Waals surface area contributed by atoms with Crippen molar-refractivity contribution < 1.29 is 14.3 Å². The van der Waals surface area contributed by atoms with Gasteiger partial charge in [-0.05, 0) is 18.4 Å². The number of amides is 2. The van der Waals surface area contributed by atoms with Gasteiger partial charge in [0.15, 0.2) is 0 Å². The summed E-state index contributed by atoms with van der Waals surface area (Å²) in [5.74, 6) is -0.0754. The molecule has 0 aromatic heterocycles. The Labute approximate surface area is 154 Å². The Balaban J connectivity index is 0.00000225. The highest BCUT2D eigenvalue weighted by molar-refractivity contribution is 5.85. The molecule has 2 N–H and O–H groups in total. The Hall–Kier alpha value is -1.63. The van der Waals surface area contributed by atoms with Crippen molar-refractivity contribution in [1.29, 1.82) is 0 Å². The first-order chi connectivity index (χ1) is 11.7. The molecule has 2 aliphatic rings. The molecule has 2 aliphatic heterocycles.